The maximum atomic E-state index is 13.3. The number of hydrogen-bond donors (Lipinski definition) is 1. The Kier molecular flexibility index (Phi) is 6.62. The quantitative estimate of drug-likeness (QED) is 0.437. The Hall–Kier alpha value is -4.14. The van der Waals surface area contributed by atoms with Gasteiger partial charge in [-0.25, -0.2) is 14.2 Å². The maximum Gasteiger partial charge on any atom is 0.416 e. The van der Waals surface area contributed by atoms with Gasteiger partial charge in [0.1, 0.15) is 0 Å². The van der Waals surface area contributed by atoms with E-state index in [2.05, 4.69) is 10.3 Å². The number of aryl methyl sites for hydroxylation is 1. The number of alkyl halides is 3. The monoisotopic (exact) mass is 466 g/mol. The summed E-state index contributed by atoms with van der Waals surface area (Å²) < 4.78 is 41.7. The van der Waals surface area contributed by atoms with E-state index < -0.39 is 23.1 Å². The zero-order valence-electron chi connectivity index (χ0n) is 18.0. The highest BCUT2D eigenvalue weighted by Crippen LogP contribution is 2.31. The summed E-state index contributed by atoms with van der Waals surface area (Å²) in [6, 6.07) is 22.9. The van der Waals surface area contributed by atoms with Crippen molar-refractivity contribution in [1.29, 1.82) is 0 Å². The molecule has 174 valence electrons. The number of rotatable bonds is 7. The molecule has 0 unspecified atom stereocenters. The van der Waals surface area contributed by atoms with Gasteiger partial charge in [-0.3, -0.25) is 4.57 Å². The van der Waals surface area contributed by atoms with Gasteiger partial charge in [0.05, 0.1) is 12.1 Å². The fourth-order valence-electron chi connectivity index (χ4n) is 3.51. The predicted octanol–water partition coefficient (Wildman–Crippen LogP) is 4.46. The molecule has 0 fully saturated rings. The lowest BCUT2D eigenvalue weighted by atomic mass is 10.1. The summed E-state index contributed by atoms with van der Waals surface area (Å²) in [5.41, 5.74) is -0.453. The molecule has 0 amide bonds. The van der Waals surface area contributed by atoms with Gasteiger partial charge in [0.2, 0.25) is 5.95 Å². The average Bonchev–Trinajstić information content (AvgIpc) is 2.82. The number of nitrogens with zero attached hydrogens (tertiary/aromatic N) is 3. The molecule has 0 atom stereocenters. The van der Waals surface area contributed by atoms with Gasteiger partial charge in [-0.05, 0) is 35.7 Å². The minimum Gasteiger partial charge on any atom is -0.325 e. The van der Waals surface area contributed by atoms with E-state index in [0.717, 1.165) is 27.8 Å². The van der Waals surface area contributed by atoms with E-state index in [0.29, 0.717) is 6.42 Å². The molecule has 0 radical (unpaired) electrons. The molecule has 4 rings (SSSR count). The first-order valence-corrected chi connectivity index (χ1v) is 10.5. The minimum absolute atomic E-state index is 0.0602. The Labute approximate surface area is 193 Å². The SMILES string of the molecule is O=c1nc(Nc2cccc(C(F)(F)F)c2)n(Cc2ccccc2)c(=O)n1CCc1ccccc1. The number of anilines is 2. The van der Waals surface area contributed by atoms with E-state index in [-0.39, 0.29) is 24.7 Å². The minimum atomic E-state index is -4.53. The van der Waals surface area contributed by atoms with Crippen LogP contribution in [0.5, 0.6) is 0 Å². The topological polar surface area (TPSA) is 68.9 Å². The van der Waals surface area contributed by atoms with Gasteiger partial charge in [0, 0.05) is 12.2 Å². The Bertz CT molecular complexity index is 1380. The molecule has 4 aromatic rings. The molecular formula is C25H21F3N4O2. The van der Waals surface area contributed by atoms with Crippen molar-refractivity contribution in [3.8, 4) is 0 Å². The van der Waals surface area contributed by atoms with Crippen molar-refractivity contribution < 1.29 is 13.2 Å². The van der Waals surface area contributed by atoms with Gasteiger partial charge in [-0.2, -0.15) is 18.2 Å². The number of nitrogens with one attached hydrogen (secondary N) is 1. The number of halogens is 3. The molecule has 0 aliphatic rings. The summed E-state index contributed by atoms with van der Waals surface area (Å²) >= 11 is 0. The van der Waals surface area contributed by atoms with Gasteiger partial charge in [-0.15, -0.1) is 0 Å². The van der Waals surface area contributed by atoms with Gasteiger partial charge in [-0.1, -0.05) is 66.7 Å². The largest absolute Gasteiger partial charge is 0.416 e. The zero-order chi connectivity index (χ0) is 24.1. The molecule has 34 heavy (non-hydrogen) atoms. The van der Waals surface area contributed by atoms with Crippen molar-refractivity contribution in [2.45, 2.75) is 25.7 Å². The Morgan fingerprint density at radius 2 is 1.44 bits per heavy atom. The molecule has 0 bridgehead atoms. The lowest BCUT2D eigenvalue weighted by molar-refractivity contribution is -0.137. The number of hydrogen-bond acceptors (Lipinski definition) is 4. The molecule has 0 spiro atoms. The van der Waals surface area contributed by atoms with Crippen molar-refractivity contribution in [3.63, 3.8) is 0 Å². The lowest BCUT2D eigenvalue weighted by Gasteiger charge is -2.16. The lowest BCUT2D eigenvalue weighted by Crippen LogP contribution is -2.43. The third-order valence-corrected chi connectivity index (χ3v) is 5.25. The van der Waals surface area contributed by atoms with E-state index in [1.54, 1.807) is 24.3 Å². The summed E-state index contributed by atoms with van der Waals surface area (Å²) in [6.07, 6.45) is -4.08. The first-order chi connectivity index (χ1) is 16.3. The first-order valence-electron chi connectivity index (χ1n) is 10.5. The summed E-state index contributed by atoms with van der Waals surface area (Å²) in [6.45, 7) is 0.201. The Balaban J connectivity index is 1.73. The third kappa shape index (κ3) is 5.43. The van der Waals surface area contributed by atoms with Crippen molar-refractivity contribution in [2.75, 3.05) is 5.32 Å². The highest BCUT2D eigenvalue weighted by Gasteiger charge is 2.30. The standard InChI is InChI=1S/C25H21F3N4O2/c26-25(27,28)20-12-7-13-21(16-20)29-22-30-23(33)31(15-14-18-8-3-1-4-9-18)24(34)32(22)17-19-10-5-2-6-11-19/h1-13,16H,14-15,17H2,(H,29,30,33). The summed E-state index contributed by atoms with van der Waals surface area (Å²) in [7, 11) is 0. The van der Waals surface area contributed by atoms with Crippen LogP contribution in [0.1, 0.15) is 16.7 Å². The summed E-state index contributed by atoms with van der Waals surface area (Å²) in [5, 5.41) is 2.73. The summed E-state index contributed by atoms with van der Waals surface area (Å²) in [4.78, 5) is 30.0. The van der Waals surface area contributed by atoms with Crippen LogP contribution in [0.25, 0.3) is 0 Å². The van der Waals surface area contributed by atoms with Crippen molar-refractivity contribution in [2.24, 2.45) is 0 Å². The van der Waals surface area contributed by atoms with Crippen LogP contribution in [0.15, 0.2) is 94.5 Å². The molecule has 6 nitrogen and oxygen atoms in total. The highest BCUT2D eigenvalue weighted by molar-refractivity contribution is 5.55. The fourth-order valence-corrected chi connectivity index (χ4v) is 3.51. The fraction of sp³-hybridized carbons (Fsp3) is 0.160. The van der Waals surface area contributed by atoms with Crippen LogP contribution in [0.4, 0.5) is 24.8 Å². The molecule has 1 heterocycles. The Morgan fingerprint density at radius 1 is 0.794 bits per heavy atom. The van der Waals surface area contributed by atoms with E-state index >= 15 is 0 Å². The Morgan fingerprint density at radius 3 is 2.09 bits per heavy atom. The number of benzene rings is 3. The molecule has 0 aliphatic heterocycles. The van der Waals surface area contributed by atoms with Gasteiger partial charge in [0.15, 0.2) is 0 Å². The van der Waals surface area contributed by atoms with Crippen LogP contribution >= 0.6 is 0 Å². The highest BCUT2D eigenvalue weighted by atomic mass is 19.4. The van der Waals surface area contributed by atoms with Crippen LogP contribution in [0, 0.1) is 0 Å². The molecule has 1 N–H and O–H groups in total. The predicted molar refractivity (Wildman–Crippen MR) is 123 cm³/mol. The smallest absolute Gasteiger partial charge is 0.325 e. The zero-order valence-corrected chi connectivity index (χ0v) is 18.0. The van der Waals surface area contributed by atoms with Crippen LogP contribution in [-0.4, -0.2) is 14.1 Å². The normalized spacial score (nSPS) is 11.4. The van der Waals surface area contributed by atoms with E-state index in [4.69, 9.17) is 0 Å². The second-order valence-corrected chi connectivity index (χ2v) is 7.66. The van der Waals surface area contributed by atoms with Gasteiger partial charge in [0.25, 0.3) is 0 Å². The second-order valence-electron chi connectivity index (χ2n) is 7.66. The molecule has 3 aromatic carbocycles. The van der Waals surface area contributed by atoms with Crippen molar-refractivity contribution in [1.82, 2.24) is 14.1 Å². The van der Waals surface area contributed by atoms with E-state index in [1.165, 1.54) is 16.7 Å². The van der Waals surface area contributed by atoms with Crippen LogP contribution in [0.2, 0.25) is 0 Å². The van der Waals surface area contributed by atoms with Crippen molar-refractivity contribution in [3.05, 3.63) is 123 Å². The number of aromatic nitrogens is 3. The summed E-state index contributed by atoms with van der Waals surface area (Å²) in [5.74, 6) is -0.130. The molecule has 0 aliphatic carbocycles. The van der Waals surface area contributed by atoms with Crippen LogP contribution < -0.4 is 16.7 Å². The molecular weight excluding hydrogens is 445 g/mol. The van der Waals surface area contributed by atoms with Gasteiger partial charge >= 0.3 is 17.6 Å². The first kappa shape index (κ1) is 23.0. The third-order valence-electron chi connectivity index (χ3n) is 5.25. The molecule has 0 saturated heterocycles. The van der Waals surface area contributed by atoms with Crippen molar-refractivity contribution >= 4 is 11.6 Å². The van der Waals surface area contributed by atoms with E-state index in [1.807, 2.05) is 36.4 Å². The van der Waals surface area contributed by atoms with Crippen LogP contribution in [0.3, 0.4) is 0 Å². The molecule has 9 heteroatoms. The molecule has 1 aromatic heterocycles. The van der Waals surface area contributed by atoms with E-state index in [9.17, 15) is 22.8 Å². The average molecular weight is 466 g/mol. The maximum absolute atomic E-state index is 13.3. The van der Waals surface area contributed by atoms with Crippen LogP contribution in [-0.2, 0) is 25.7 Å². The van der Waals surface area contributed by atoms with Gasteiger partial charge < -0.3 is 5.32 Å². The second kappa shape index (κ2) is 9.78. The molecule has 0 saturated carbocycles.